The molecule has 0 unspecified atom stereocenters. The lowest BCUT2D eigenvalue weighted by Crippen LogP contribution is -2.13. The smallest absolute Gasteiger partial charge is 0.339 e. The van der Waals surface area contributed by atoms with Crippen LogP contribution in [0, 0.1) is 0 Å². The van der Waals surface area contributed by atoms with Gasteiger partial charge in [-0.1, -0.05) is 12.1 Å². The summed E-state index contributed by atoms with van der Waals surface area (Å²) >= 11 is 0. The fraction of sp³-hybridized carbons (Fsp3) is 0.368. The Morgan fingerprint density at radius 3 is 2.42 bits per heavy atom. The highest BCUT2D eigenvalue weighted by molar-refractivity contribution is 5.89. The molecule has 7 heteroatoms. The van der Waals surface area contributed by atoms with Crippen LogP contribution in [0.25, 0.3) is 0 Å². The van der Waals surface area contributed by atoms with Crippen molar-refractivity contribution in [1.82, 2.24) is 4.98 Å². The van der Waals surface area contributed by atoms with Crippen LogP contribution in [0.1, 0.15) is 47.5 Å². The van der Waals surface area contributed by atoms with E-state index in [0.717, 1.165) is 17.4 Å². The second-order valence-corrected chi connectivity index (χ2v) is 5.86. The first-order chi connectivity index (χ1) is 12.4. The molecule has 1 aromatic carbocycles. The van der Waals surface area contributed by atoms with Crippen molar-refractivity contribution < 1.29 is 27.8 Å². The van der Waals surface area contributed by atoms with Gasteiger partial charge in [-0.25, -0.2) is 13.6 Å². The number of nitrogens with zero attached hydrogens (tertiary/aromatic N) is 1. The summed E-state index contributed by atoms with van der Waals surface area (Å²) in [5.41, 5.74) is 0.627. The zero-order valence-corrected chi connectivity index (χ0v) is 14.9. The van der Waals surface area contributed by atoms with Crippen molar-refractivity contribution in [2.45, 2.75) is 39.6 Å². The maximum atomic E-state index is 13.3. The zero-order valence-electron chi connectivity index (χ0n) is 14.9. The number of esters is 1. The van der Waals surface area contributed by atoms with Crippen molar-refractivity contribution in [1.29, 1.82) is 0 Å². The second kappa shape index (κ2) is 9.24. The number of hydrogen-bond donors (Lipinski definition) is 0. The van der Waals surface area contributed by atoms with E-state index in [1.165, 1.54) is 6.20 Å². The zero-order chi connectivity index (χ0) is 19.1. The van der Waals surface area contributed by atoms with Gasteiger partial charge in [-0.15, -0.1) is 0 Å². The minimum atomic E-state index is -2.77. The van der Waals surface area contributed by atoms with E-state index in [2.05, 4.69) is 4.98 Å². The molecule has 0 saturated heterocycles. The largest absolute Gasteiger partial charge is 0.497 e. The molecule has 0 radical (unpaired) electrons. The van der Waals surface area contributed by atoms with Gasteiger partial charge in [0.1, 0.15) is 5.75 Å². The molecule has 5 nitrogen and oxygen atoms in total. The second-order valence-electron chi connectivity index (χ2n) is 5.86. The lowest BCUT2D eigenvalue weighted by molar-refractivity contribution is 0.0376. The number of carbonyl (C=O) groups excluding carboxylic acids is 1. The summed E-state index contributed by atoms with van der Waals surface area (Å²) in [7, 11) is 1.57. The molecule has 0 amide bonds. The van der Waals surface area contributed by atoms with Crippen molar-refractivity contribution in [3.05, 3.63) is 58.9 Å². The van der Waals surface area contributed by atoms with Gasteiger partial charge >= 0.3 is 5.97 Å². The molecule has 0 saturated carbocycles. The van der Waals surface area contributed by atoms with E-state index in [-0.39, 0.29) is 36.1 Å². The molecule has 1 aromatic heterocycles. The molecule has 0 aliphatic heterocycles. The molecule has 140 valence electrons. The number of halogens is 2. The Hall–Kier alpha value is -2.54. The molecular weight excluding hydrogens is 344 g/mol. The van der Waals surface area contributed by atoms with E-state index in [9.17, 15) is 13.6 Å². The lowest BCUT2D eigenvalue weighted by Gasteiger charge is -2.12. The normalized spacial score (nSPS) is 11.0. The maximum absolute atomic E-state index is 13.3. The number of aromatic nitrogens is 1. The van der Waals surface area contributed by atoms with Crippen LogP contribution in [0.2, 0.25) is 0 Å². The summed E-state index contributed by atoms with van der Waals surface area (Å²) in [6, 6.07) is 8.33. The maximum Gasteiger partial charge on any atom is 0.339 e. The van der Waals surface area contributed by atoms with Gasteiger partial charge < -0.3 is 14.2 Å². The number of ether oxygens (including phenoxy) is 3. The Morgan fingerprint density at radius 2 is 1.85 bits per heavy atom. The fourth-order valence-corrected chi connectivity index (χ4v) is 2.20. The molecule has 0 fully saturated rings. The highest BCUT2D eigenvalue weighted by atomic mass is 19.3. The molecule has 1 heterocycles. The Bertz CT molecular complexity index is 733. The number of pyridine rings is 1. The average Bonchev–Trinajstić information content (AvgIpc) is 2.61. The van der Waals surface area contributed by atoms with Crippen LogP contribution < -0.4 is 4.74 Å². The fourth-order valence-electron chi connectivity index (χ4n) is 2.20. The molecule has 0 spiro atoms. The number of rotatable bonds is 8. The van der Waals surface area contributed by atoms with E-state index >= 15 is 0 Å². The molecule has 2 aromatic rings. The van der Waals surface area contributed by atoms with Crippen molar-refractivity contribution in [2.75, 3.05) is 7.11 Å². The summed E-state index contributed by atoms with van der Waals surface area (Å²) in [6.07, 6.45) is -1.89. The Morgan fingerprint density at radius 1 is 1.15 bits per heavy atom. The highest BCUT2D eigenvalue weighted by Crippen LogP contribution is 2.24. The summed E-state index contributed by atoms with van der Waals surface area (Å²) in [5.74, 6) is 0.0411. The SMILES string of the molecule is COc1ccc(COCc2ncc(C(=O)OC(C)C)cc2C(F)F)cc1. The minimum Gasteiger partial charge on any atom is -0.497 e. The molecule has 2 rings (SSSR count). The summed E-state index contributed by atoms with van der Waals surface area (Å²) in [4.78, 5) is 15.8. The van der Waals surface area contributed by atoms with Crippen molar-refractivity contribution in [3.8, 4) is 5.75 Å². The van der Waals surface area contributed by atoms with Gasteiger partial charge in [0.15, 0.2) is 0 Å². The Labute approximate surface area is 150 Å². The van der Waals surface area contributed by atoms with Crippen LogP contribution in [0.5, 0.6) is 5.75 Å². The van der Waals surface area contributed by atoms with E-state index in [4.69, 9.17) is 14.2 Å². The first kappa shape index (κ1) is 19.8. The van der Waals surface area contributed by atoms with Crippen LogP contribution in [0.3, 0.4) is 0 Å². The van der Waals surface area contributed by atoms with Gasteiger partial charge in [-0.2, -0.15) is 0 Å². The summed E-state index contributed by atoms with van der Waals surface area (Å²) in [5, 5.41) is 0. The third kappa shape index (κ3) is 5.49. The lowest BCUT2D eigenvalue weighted by atomic mass is 10.1. The molecular formula is C19H21F2NO4. The van der Waals surface area contributed by atoms with Crippen LogP contribution in [0.15, 0.2) is 36.5 Å². The van der Waals surface area contributed by atoms with Gasteiger partial charge in [0.2, 0.25) is 0 Å². The number of benzene rings is 1. The molecule has 0 aliphatic carbocycles. The number of methoxy groups -OCH3 is 1. The van der Waals surface area contributed by atoms with Gasteiger partial charge in [0.25, 0.3) is 6.43 Å². The van der Waals surface area contributed by atoms with Gasteiger partial charge in [-0.3, -0.25) is 4.98 Å². The van der Waals surface area contributed by atoms with Crippen LogP contribution in [-0.2, 0) is 22.7 Å². The molecule has 0 atom stereocenters. The predicted octanol–water partition coefficient (Wildman–Crippen LogP) is 4.31. The molecule has 0 aliphatic rings. The topological polar surface area (TPSA) is 57.7 Å². The highest BCUT2D eigenvalue weighted by Gasteiger charge is 2.19. The first-order valence-corrected chi connectivity index (χ1v) is 8.09. The van der Waals surface area contributed by atoms with E-state index in [0.29, 0.717) is 0 Å². The Balaban J connectivity index is 2.04. The molecule has 26 heavy (non-hydrogen) atoms. The van der Waals surface area contributed by atoms with E-state index in [1.807, 2.05) is 12.1 Å². The van der Waals surface area contributed by atoms with Crippen LogP contribution >= 0.6 is 0 Å². The molecule has 0 bridgehead atoms. The van der Waals surface area contributed by atoms with Crippen LogP contribution in [0.4, 0.5) is 8.78 Å². The van der Waals surface area contributed by atoms with Crippen molar-refractivity contribution >= 4 is 5.97 Å². The summed E-state index contributed by atoms with van der Waals surface area (Å²) in [6.45, 7) is 3.51. The first-order valence-electron chi connectivity index (χ1n) is 8.09. The van der Waals surface area contributed by atoms with E-state index in [1.54, 1.807) is 33.1 Å². The van der Waals surface area contributed by atoms with E-state index < -0.39 is 12.4 Å². The number of alkyl halides is 2. The summed E-state index contributed by atoms with van der Waals surface area (Å²) < 4.78 is 42.2. The van der Waals surface area contributed by atoms with Crippen molar-refractivity contribution in [2.24, 2.45) is 0 Å². The van der Waals surface area contributed by atoms with Gasteiger partial charge in [-0.05, 0) is 37.6 Å². The molecule has 0 N–H and O–H groups in total. The van der Waals surface area contributed by atoms with Crippen molar-refractivity contribution in [3.63, 3.8) is 0 Å². The van der Waals surface area contributed by atoms with Crippen LogP contribution in [-0.4, -0.2) is 24.2 Å². The minimum absolute atomic E-state index is 0.00657. The monoisotopic (exact) mass is 365 g/mol. The number of hydrogen-bond acceptors (Lipinski definition) is 5. The standard InChI is InChI=1S/C19H21F2NO4/c1-12(2)26-19(23)14-8-16(18(20)21)17(22-9-14)11-25-10-13-4-6-15(24-3)7-5-13/h4-9,12,18H,10-11H2,1-3H3. The number of carbonyl (C=O) groups is 1. The third-order valence-electron chi connectivity index (χ3n) is 3.48. The van der Waals surface area contributed by atoms with Gasteiger partial charge in [0.05, 0.1) is 37.7 Å². The average molecular weight is 365 g/mol. The van der Waals surface area contributed by atoms with Gasteiger partial charge in [0, 0.05) is 11.8 Å². The Kier molecular flexibility index (Phi) is 7.03. The third-order valence-corrected chi connectivity index (χ3v) is 3.48. The quantitative estimate of drug-likeness (QED) is 0.653. The predicted molar refractivity (Wildman–Crippen MR) is 91.2 cm³/mol.